The molecule has 5 nitrogen and oxygen atoms in total. The second-order valence-electron chi connectivity index (χ2n) is 9.24. The minimum Gasteiger partial charge on any atom is -0.492 e. The average Bonchev–Trinajstić information content (AvgIpc) is 2.89. The number of benzene rings is 3. The molecular weight excluding hydrogens is 564 g/mol. The lowest BCUT2D eigenvalue weighted by Crippen LogP contribution is -2.47. The highest BCUT2D eigenvalue weighted by Gasteiger charge is 2.23. The normalized spacial score (nSPS) is 16.8. The van der Waals surface area contributed by atoms with Crippen molar-refractivity contribution < 1.29 is 9.84 Å². The Morgan fingerprint density at radius 2 is 1.76 bits per heavy atom. The summed E-state index contributed by atoms with van der Waals surface area (Å²) in [6, 6.07) is 27.0. The lowest BCUT2D eigenvalue weighted by atomic mass is 10.0. The maximum atomic E-state index is 10.4. The summed E-state index contributed by atoms with van der Waals surface area (Å²) < 4.78 is 6.07. The predicted octanol–water partition coefficient (Wildman–Crippen LogP) is 5.88. The van der Waals surface area contributed by atoms with E-state index in [1.165, 1.54) is 11.1 Å². The molecule has 1 fully saturated rings. The molecule has 1 aliphatic heterocycles. The van der Waals surface area contributed by atoms with Crippen LogP contribution in [0.5, 0.6) is 5.75 Å². The number of ether oxygens (including phenoxy) is 1. The highest BCUT2D eigenvalue weighted by Crippen LogP contribution is 2.22. The maximum absolute atomic E-state index is 10.4. The van der Waals surface area contributed by atoms with Gasteiger partial charge in [0.15, 0.2) is 0 Å². The van der Waals surface area contributed by atoms with Crippen LogP contribution in [0.2, 0.25) is 5.02 Å². The molecule has 38 heavy (non-hydrogen) atoms. The maximum Gasteiger partial charge on any atom is 0.119 e. The molecule has 4 rings (SSSR count). The fourth-order valence-electron chi connectivity index (χ4n) is 4.59. The zero-order valence-electron chi connectivity index (χ0n) is 21.6. The van der Waals surface area contributed by atoms with Gasteiger partial charge in [0.1, 0.15) is 12.4 Å². The van der Waals surface area contributed by atoms with E-state index in [-0.39, 0.29) is 43.3 Å². The van der Waals surface area contributed by atoms with Gasteiger partial charge in [-0.25, -0.2) is 0 Å². The molecule has 0 radical (unpaired) electrons. The van der Waals surface area contributed by atoms with Gasteiger partial charge in [0.25, 0.3) is 0 Å². The van der Waals surface area contributed by atoms with Crippen LogP contribution in [-0.2, 0) is 6.42 Å². The second-order valence-corrected chi connectivity index (χ2v) is 9.68. The number of nitrogens with one attached hydrogen (secondary N) is 2. The molecule has 0 amide bonds. The van der Waals surface area contributed by atoms with Crippen LogP contribution >= 0.6 is 48.8 Å². The van der Waals surface area contributed by atoms with Crippen molar-refractivity contribution in [2.75, 3.05) is 39.3 Å². The fourth-order valence-corrected chi connectivity index (χ4v) is 4.79. The van der Waals surface area contributed by atoms with E-state index in [0.29, 0.717) is 24.2 Å². The summed E-state index contributed by atoms with van der Waals surface area (Å²) in [5.41, 5.74) is 3.42. The SMILES string of the molecule is CC(Cc1ccc(OCCN2CCNCC2c2ccccc2)cc1)NCC(O)c1cccc(Cl)c1.Cl.Cl.Cl. The summed E-state index contributed by atoms with van der Waals surface area (Å²) >= 11 is 6.03. The van der Waals surface area contributed by atoms with Gasteiger partial charge in [-0.1, -0.05) is 66.2 Å². The van der Waals surface area contributed by atoms with E-state index in [1.807, 2.05) is 18.2 Å². The van der Waals surface area contributed by atoms with Gasteiger partial charge in [-0.3, -0.25) is 4.90 Å². The summed E-state index contributed by atoms with van der Waals surface area (Å²) in [5.74, 6) is 0.900. The van der Waals surface area contributed by atoms with Gasteiger partial charge in [0.05, 0.1) is 6.10 Å². The number of halogens is 4. The number of piperazine rings is 1. The molecule has 210 valence electrons. The molecular formula is C29H39Cl4N3O2. The van der Waals surface area contributed by atoms with Crippen molar-refractivity contribution in [1.82, 2.24) is 15.5 Å². The number of rotatable bonds is 11. The first-order valence-corrected chi connectivity index (χ1v) is 12.8. The van der Waals surface area contributed by atoms with Gasteiger partial charge in [-0.15, -0.1) is 37.2 Å². The van der Waals surface area contributed by atoms with Crippen molar-refractivity contribution in [2.24, 2.45) is 0 Å². The van der Waals surface area contributed by atoms with Crippen molar-refractivity contribution in [1.29, 1.82) is 0 Å². The van der Waals surface area contributed by atoms with E-state index in [2.05, 4.69) is 77.1 Å². The molecule has 0 saturated carbocycles. The fraction of sp³-hybridized carbons (Fsp3) is 0.379. The van der Waals surface area contributed by atoms with Crippen molar-refractivity contribution in [3.8, 4) is 5.75 Å². The van der Waals surface area contributed by atoms with Crippen LogP contribution in [0.4, 0.5) is 0 Å². The minimum absolute atomic E-state index is 0. The van der Waals surface area contributed by atoms with Crippen LogP contribution in [0.3, 0.4) is 0 Å². The molecule has 3 atom stereocenters. The van der Waals surface area contributed by atoms with E-state index in [4.69, 9.17) is 16.3 Å². The predicted molar refractivity (Wildman–Crippen MR) is 165 cm³/mol. The smallest absolute Gasteiger partial charge is 0.119 e. The van der Waals surface area contributed by atoms with Gasteiger partial charge < -0.3 is 20.5 Å². The molecule has 3 N–H and O–H groups in total. The van der Waals surface area contributed by atoms with Gasteiger partial charge in [-0.2, -0.15) is 0 Å². The van der Waals surface area contributed by atoms with Crippen LogP contribution in [0.15, 0.2) is 78.9 Å². The van der Waals surface area contributed by atoms with Gasteiger partial charge in [0.2, 0.25) is 0 Å². The zero-order chi connectivity index (χ0) is 24.5. The molecule has 1 heterocycles. The molecule has 0 spiro atoms. The van der Waals surface area contributed by atoms with Crippen molar-refractivity contribution in [2.45, 2.75) is 31.5 Å². The molecule has 0 bridgehead atoms. The highest BCUT2D eigenvalue weighted by atomic mass is 35.5. The Kier molecular flexibility index (Phi) is 16.3. The third-order valence-electron chi connectivity index (χ3n) is 6.54. The summed E-state index contributed by atoms with van der Waals surface area (Å²) in [6.07, 6.45) is 0.298. The summed E-state index contributed by atoms with van der Waals surface area (Å²) in [4.78, 5) is 2.51. The Hall–Kier alpha value is -1.54. The summed E-state index contributed by atoms with van der Waals surface area (Å²) in [5, 5.41) is 18.0. The minimum atomic E-state index is -0.580. The van der Waals surface area contributed by atoms with Crippen LogP contribution in [0.25, 0.3) is 0 Å². The van der Waals surface area contributed by atoms with Crippen LogP contribution < -0.4 is 15.4 Å². The van der Waals surface area contributed by atoms with E-state index < -0.39 is 6.10 Å². The standard InChI is InChI=1S/C29H36ClN3O2.3ClH/c1-22(32-21-29(34)25-8-5-9-26(30)19-25)18-23-10-12-27(13-11-23)35-17-16-33-15-14-31-20-28(33)24-6-3-2-4-7-24;;;/h2-13,19,22,28-29,31-32,34H,14-18,20-21H2,1H3;3*1H. The molecule has 3 aromatic carbocycles. The first-order chi connectivity index (χ1) is 17.1. The lowest BCUT2D eigenvalue weighted by Gasteiger charge is -2.36. The van der Waals surface area contributed by atoms with E-state index >= 15 is 0 Å². The van der Waals surface area contributed by atoms with Crippen LogP contribution in [0.1, 0.15) is 35.8 Å². The number of nitrogens with zero attached hydrogens (tertiary/aromatic N) is 1. The van der Waals surface area contributed by atoms with Crippen LogP contribution in [-0.4, -0.2) is 55.4 Å². The van der Waals surface area contributed by atoms with Gasteiger partial charge >= 0.3 is 0 Å². The first-order valence-electron chi connectivity index (χ1n) is 12.5. The largest absolute Gasteiger partial charge is 0.492 e. The quantitative estimate of drug-likeness (QED) is 0.256. The summed E-state index contributed by atoms with van der Waals surface area (Å²) in [7, 11) is 0. The Balaban J connectivity index is 0.00000241. The third kappa shape index (κ3) is 10.6. The molecule has 3 aromatic rings. The summed E-state index contributed by atoms with van der Waals surface area (Å²) in [6.45, 7) is 7.20. The number of hydrogen-bond acceptors (Lipinski definition) is 5. The van der Waals surface area contributed by atoms with Gasteiger partial charge in [-0.05, 0) is 54.3 Å². The lowest BCUT2D eigenvalue weighted by molar-refractivity contribution is 0.134. The Morgan fingerprint density at radius 1 is 1.03 bits per heavy atom. The zero-order valence-corrected chi connectivity index (χ0v) is 24.8. The number of hydrogen-bond donors (Lipinski definition) is 3. The average molecular weight is 603 g/mol. The highest BCUT2D eigenvalue weighted by molar-refractivity contribution is 6.30. The topological polar surface area (TPSA) is 56.8 Å². The Morgan fingerprint density at radius 3 is 2.47 bits per heavy atom. The van der Waals surface area contributed by atoms with E-state index in [1.54, 1.807) is 6.07 Å². The first kappa shape index (κ1) is 34.5. The number of aliphatic hydroxyl groups is 1. The Bertz CT molecular complexity index is 1040. The third-order valence-corrected chi connectivity index (χ3v) is 6.78. The molecule has 0 aliphatic carbocycles. The van der Waals surface area contributed by atoms with Crippen molar-refractivity contribution >= 4 is 48.8 Å². The molecule has 9 heteroatoms. The number of aliphatic hydroxyl groups excluding tert-OH is 1. The van der Waals surface area contributed by atoms with E-state index in [9.17, 15) is 5.11 Å². The van der Waals surface area contributed by atoms with Gasteiger partial charge in [0, 0.05) is 49.8 Å². The second kappa shape index (κ2) is 17.9. The monoisotopic (exact) mass is 601 g/mol. The van der Waals surface area contributed by atoms with Crippen molar-refractivity contribution in [3.63, 3.8) is 0 Å². The molecule has 0 aromatic heterocycles. The molecule has 1 saturated heterocycles. The van der Waals surface area contributed by atoms with Crippen molar-refractivity contribution in [3.05, 3.63) is 101 Å². The molecule has 3 unspecified atom stereocenters. The van der Waals surface area contributed by atoms with E-state index in [0.717, 1.165) is 43.9 Å². The molecule has 1 aliphatic rings. The van der Waals surface area contributed by atoms with Crippen LogP contribution in [0, 0.1) is 0 Å². The Labute approximate surface area is 250 Å².